The molecule has 0 saturated heterocycles. The van der Waals surface area contributed by atoms with Crippen molar-refractivity contribution in [2.24, 2.45) is 0 Å². The Morgan fingerprint density at radius 3 is 1.29 bits per heavy atom. The highest BCUT2D eigenvalue weighted by atomic mass is 16.5. The Bertz CT molecular complexity index is 449. The summed E-state index contributed by atoms with van der Waals surface area (Å²) in [5.74, 6) is -1.10. The average molecular weight is 483 g/mol. The topological polar surface area (TPSA) is 63.6 Å². The monoisotopic (exact) mass is 482 g/mol. The van der Waals surface area contributed by atoms with Crippen LogP contribution in [0.1, 0.15) is 174 Å². The van der Waals surface area contributed by atoms with Gasteiger partial charge >= 0.3 is 11.9 Å². The Morgan fingerprint density at radius 2 is 0.912 bits per heavy atom. The van der Waals surface area contributed by atoms with E-state index in [9.17, 15) is 9.59 Å². The second kappa shape index (κ2) is 26.5. The normalized spacial score (nSPS) is 12.1. The second-order valence-electron chi connectivity index (χ2n) is 10.3. The van der Waals surface area contributed by atoms with Crippen LogP contribution in [-0.4, -0.2) is 23.1 Å². The molecule has 0 heterocycles. The molecule has 0 aromatic rings. The van der Waals surface area contributed by atoms with E-state index in [1.54, 1.807) is 0 Å². The Balaban J connectivity index is 3.69. The van der Waals surface area contributed by atoms with E-state index in [2.05, 4.69) is 13.8 Å². The number of rotatable bonds is 27. The predicted molar refractivity (Wildman–Crippen MR) is 144 cm³/mol. The van der Waals surface area contributed by atoms with Gasteiger partial charge in [-0.15, -0.1) is 0 Å². The van der Waals surface area contributed by atoms with Gasteiger partial charge in [0.15, 0.2) is 0 Å². The number of ether oxygens (including phenoxy) is 1. The molecule has 4 heteroatoms. The van der Waals surface area contributed by atoms with Gasteiger partial charge in [0, 0.05) is 6.42 Å². The maximum Gasteiger partial charge on any atom is 0.307 e. The summed E-state index contributed by atoms with van der Waals surface area (Å²) in [6.45, 7) is 4.50. The molecule has 0 rings (SSSR count). The number of aliphatic carboxylic acids is 1. The van der Waals surface area contributed by atoms with Crippen molar-refractivity contribution >= 4 is 11.9 Å². The molecule has 0 fully saturated rings. The largest absolute Gasteiger partial charge is 0.481 e. The van der Waals surface area contributed by atoms with E-state index in [4.69, 9.17) is 9.84 Å². The first-order chi connectivity index (χ1) is 16.6. The van der Waals surface area contributed by atoms with Gasteiger partial charge in [-0.3, -0.25) is 9.59 Å². The summed E-state index contributed by atoms with van der Waals surface area (Å²) in [6, 6.07) is 0. The Hall–Kier alpha value is -1.06. The fourth-order valence-corrected chi connectivity index (χ4v) is 4.61. The zero-order chi connectivity index (χ0) is 25.1. The van der Waals surface area contributed by atoms with Crippen molar-refractivity contribution in [2.45, 2.75) is 180 Å². The van der Waals surface area contributed by atoms with Gasteiger partial charge < -0.3 is 9.84 Å². The van der Waals surface area contributed by atoms with E-state index in [-0.39, 0.29) is 12.4 Å². The summed E-state index contributed by atoms with van der Waals surface area (Å²) < 4.78 is 5.52. The van der Waals surface area contributed by atoms with Crippen LogP contribution in [0.25, 0.3) is 0 Å². The number of hydrogen-bond donors (Lipinski definition) is 1. The third-order valence-corrected chi connectivity index (χ3v) is 6.81. The van der Waals surface area contributed by atoms with Crippen molar-refractivity contribution < 1.29 is 19.4 Å². The minimum absolute atomic E-state index is 0.0678. The van der Waals surface area contributed by atoms with Gasteiger partial charge in [-0.2, -0.15) is 0 Å². The molecule has 0 spiro atoms. The highest BCUT2D eigenvalue weighted by Crippen LogP contribution is 2.16. The van der Waals surface area contributed by atoms with Crippen molar-refractivity contribution in [1.82, 2.24) is 0 Å². The molecule has 0 bridgehead atoms. The van der Waals surface area contributed by atoms with E-state index in [0.717, 1.165) is 25.7 Å². The van der Waals surface area contributed by atoms with Gasteiger partial charge in [0.2, 0.25) is 0 Å². The fourth-order valence-electron chi connectivity index (χ4n) is 4.61. The van der Waals surface area contributed by atoms with Gasteiger partial charge in [-0.25, -0.2) is 0 Å². The average Bonchev–Trinajstić information content (AvgIpc) is 2.80. The summed E-state index contributed by atoms with van der Waals surface area (Å²) >= 11 is 0. The van der Waals surface area contributed by atoms with Crippen molar-refractivity contribution in [1.29, 1.82) is 0 Å². The third-order valence-electron chi connectivity index (χ3n) is 6.81. The Morgan fingerprint density at radius 1 is 0.559 bits per heavy atom. The summed E-state index contributed by atoms with van der Waals surface area (Å²) in [7, 11) is 0. The number of carbonyl (C=O) groups is 2. The Labute approximate surface area is 212 Å². The molecule has 1 atom stereocenters. The molecular formula is C30H58O4. The Kier molecular flexibility index (Phi) is 25.7. The van der Waals surface area contributed by atoms with E-state index in [1.165, 1.54) is 116 Å². The SMILES string of the molecule is CCCCCCCCCCCCCCC(=O)OC(CCCCCCCCCCCC)CC(=O)O. The number of unbranched alkanes of at least 4 members (excludes halogenated alkanes) is 20. The van der Waals surface area contributed by atoms with Crippen LogP contribution >= 0.6 is 0 Å². The predicted octanol–water partition coefficient (Wildman–Crippen LogP) is 9.78. The van der Waals surface area contributed by atoms with Crippen molar-refractivity contribution in [3.63, 3.8) is 0 Å². The van der Waals surface area contributed by atoms with Crippen molar-refractivity contribution in [3.8, 4) is 0 Å². The molecule has 4 nitrogen and oxygen atoms in total. The molecule has 0 amide bonds. The van der Waals surface area contributed by atoms with Crippen LogP contribution in [0.2, 0.25) is 0 Å². The van der Waals surface area contributed by atoms with Gasteiger partial charge in [0.05, 0.1) is 6.42 Å². The number of carboxylic acid groups (broad SMARTS) is 1. The molecule has 1 unspecified atom stereocenters. The third kappa shape index (κ3) is 25.6. The number of hydrogen-bond acceptors (Lipinski definition) is 3. The number of carbonyl (C=O) groups excluding carboxylic acids is 1. The zero-order valence-electron chi connectivity index (χ0n) is 22.9. The summed E-state index contributed by atoms with van der Waals surface area (Å²) in [6.07, 6.45) is 28.2. The maximum absolute atomic E-state index is 12.2. The summed E-state index contributed by atoms with van der Waals surface area (Å²) in [4.78, 5) is 23.3. The fraction of sp³-hybridized carbons (Fsp3) is 0.933. The van der Waals surface area contributed by atoms with Crippen LogP contribution < -0.4 is 0 Å². The van der Waals surface area contributed by atoms with E-state index in [1.807, 2.05) is 0 Å². The van der Waals surface area contributed by atoms with Crippen LogP contribution in [0.15, 0.2) is 0 Å². The minimum atomic E-state index is -0.879. The molecule has 0 radical (unpaired) electrons. The van der Waals surface area contributed by atoms with Gasteiger partial charge in [0.1, 0.15) is 6.10 Å². The first kappa shape index (κ1) is 32.9. The lowest BCUT2D eigenvalue weighted by atomic mass is 10.0. The van der Waals surface area contributed by atoms with Crippen LogP contribution in [-0.2, 0) is 14.3 Å². The number of carboxylic acids is 1. The lowest BCUT2D eigenvalue weighted by molar-refractivity contribution is -0.153. The first-order valence-corrected chi connectivity index (χ1v) is 15.0. The molecule has 0 aromatic heterocycles. The molecule has 1 N–H and O–H groups in total. The van der Waals surface area contributed by atoms with E-state index < -0.39 is 12.1 Å². The molecule has 202 valence electrons. The van der Waals surface area contributed by atoms with E-state index >= 15 is 0 Å². The zero-order valence-corrected chi connectivity index (χ0v) is 22.9. The molecule has 0 aliphatic carbocycles. The minimum Gasteiger partial charge on any atom is -0.481 e. The quantitative estimate of drug-likeness (QED) is 0.0934. The molecular weight excluding hydrogens is 424 g/mol. The second-order valence-corrected chi connectivity index (χ2v) is 10.3. The van der Waals surface area contributed by atoms with Gasteiger partial charge in [-0.1, -0.05) is 142 Å². The smallest absolute Gasteiger partial charge is 0.307 e. The molecule has 0 aromatic carbocycles. The first-order valence-electron chi connectivity index (χ1n) is 15.0. The van der Waals surface area contributed by atoms with Crippen LogP contribution in [0.4, 0.5) is 0 Å². The maximum atomic E-state index is 12.2. The highest BCUT2D eigenvalue weighted by Gasteiger charge is 2.17. The highest BCUT2D eigenvalue weighted by molar-refractivity contribution is 5.71. The van der Waals surface area contributed by atoms with Crippen LogP contribution in [0.5, 0.6) is 0 Å². The van der Waals surface area contributed by atoms with Crippen LogP contribution in [0.3, 0.4) is 0 Å². The van der Waals surface area contributed by atoms with Gasteiger partial charge in [-0.05, 0) is 19.3 Å². The van der Waals surface area contributed by atoms with E-state index in [0.29, 0.717) is 12.8 Å². The lowest BCUT2D eigenvalue weighted by Gasteiger charge is -2.16. The molecule has 0 aliphatic rings. The standard InChI is InChI=1S/C30H58O4/c1-3-5-7-9-11-13-15-16-18-20-22-24-26-30(33)34-28(27-29(31)32)25-23-21-19-17-14-12-10-8-6-4-2/h28H,3-27H2,1-2H3,(H,31,32). The van der Waals surface area contributed by atoms with Crippen molar-refractivity contribution in [3.05, 3.63) is 0 Å². The molecule has 34 heavy (non-hydrogen) atoms. The summed E-state index contributed by atoms with van der Waals surface area (Å²) in [5, 5.41) is 9.16. The molecule has 0 aliphatic heterocycles. The van der Waals surface area contributed by atoms with Gasteiger partial charge in [0.25, 0.3) is 0 Å². The van der Waals surface area contributed by atoms with Crippen LogP contribution in [0, 0.1) is 0 Å². The summed E-state index contributed by atoms with van der Waals surface area (Å²) in [5.41, 5.74) is 0. The number of esters is 1. The van der Waals surface area contributed by atoms with Crippen molar-refractivity contribution in [2.75, 3.05) is 0 Å². The molecule has 0 saturated carbocycles. The lowest BCUT2D eigenvalue weighted by Crippen LogP contribution is -2.21.